The number of amides is 2. The van der Waals surface area contributed by atoms with Crippen molar-refractivity contribution in [2.45, 2.75) is 150 Å². The standard InChI is InChI=1S/C38H48N6O7.C31H36N6O7.C6H13NO2.ClH/c1-24(45)12-10-9-11-13-32(46)29-14-25(20-41(29)5)16-33(47)30-15-26(21-42(30)6)17-35(49)36-39-28(23-44(36)8)19-34(48)31-18-27(22-43(31)7)40-37(50)51-38(2,3)4;1-31(2,3)44-30(43)33-20-12-23(36(6)16-20)26(39)13-21-17-37(7)28(32-21)27(40)11-18-8-22(34(4)14-18)25(38)10-19-9-24(29(41)42)35(5)15-19;1-9-6(8)4-2-3-5-7;/h14-15,18,20-23H,9-13,16-17,19H2,1-8H3,(H,40,50);8-9,12,14-17H,10-11,13H2,1-7H3,(H,33,43)(H,41,42);2-5,7H2,1H3;1H. The molecule has 0 atom stereocenters. The Bertz CT molecular complexity index is 4500. The average Bonchev–Trinajstić information content (AvgIpc) is 1.69. The number of imidazole rings is 2. The number of esters is 1. The number of Topliss-reactive ketones (excluding diaryl/α,β-unsaturated/α-hetero) is 8. The number of hydrogen-bond acceptors (Lipinski definition) is 17. The number of halogens is 1. The van der Waals surface area contributed by atoms with E-state index in [0.717, 1.165) is 37.8 Å². The van der Waals surface area contributed by atoms with Crippen LogP contribution < -0.4 is 28.8 Å². The SMILES string of the molecule is CC(=O)CCCCCC(=O)c1cc(CC(=O)c2cc(CC(=O)c3nc(CC(=O)c4cc(NC(=O)OC(C)(C)C)cn4C)cn3C)cn2C)cn1C.COC(=O)CCCC[NH3+].Cn1cc(CC(=O)c2cc(CC(=O)c3nc(CC(=O)c4cc(NC(=O)OC(C)(C)C)cn4C)cn3C)cn2C)cc1C(=O)O.[Cl-]. The van der Waals surface area contributed by atoms with E-state index in [1.165, 1.54) is 17.7 Å². The predicted octanol–water partition coefficient (Wildman–Crippen LogP) is 6.11. The number of unbranched alkanes of at least 4 members (excludes halogenated alkanes) is 3. The summed E-state index contributed by atoms with van der Waals surface area (Å²) in [7, 11) is 15.0. The lowest BCUT2D eigenvalue weighted by atomic mass is 10.1. The number of carbonyl (C=O) groups excluding carboxylic acids is 11. The minimum absolute atomic E-state index is 0. The first-order valence-electron chi connectivity index (χ1n) is 34.0. The van der Waals surface area contributed by atoms with Gasteiger partial charge in [0.25, 0.3) is 0 Å². The van der Waals surface area contributed by atoms with Gasteiger partial charge in [0.2, 0.25) is 11.6 Å². The summed E-state index contributed by atoms with van der Waals surface area (Å²) < 4.78 is 27.9. The number of quaternary nitrogens is 1. The fourth-order valence-electron chi connectivity index (χ4n) is 11.5. The average molecular weight is 1470 g/mol. The number of methoxy groups -OCH3 is 1. The fourth-order valence-corrected chi connectivity index (χ4v) is 11.5. The van der Waals surface area contributed by atoms with Gasteiger partial charge in [-0.05, 0) is 133 Å². The molecule has 0 fully saturated rings. The molecule has 0 aromatic carbocycles. The van der Waals surface area contributed by atoms with Gasteiger partial charge in [0, 0.05) is 151 Å². The van der Waals surface area contributed by atoms with Crippen molar-refractivity contribution in [3.8, 4) is 0 Å². The van der Waals surface area contributed by atoms with Crippen molar-refractivity contribution in [3.05, 3.63) is 165 Å². The van der Waals surface area contributed by atoms with Crippen LogP contribution in [-0.2, 0) is 119 Å². The number of aromatic carboxylic acids is 1. The van der Waals surface area contributed by atoms with Gasteiger partial charge in [-0.1, -0.05) is 6.42 Å². The van der Waals surface area contributed by atoms with Crippen LogP contribution in [0.5, 0.6) is 0 Å². The molecule has 0 radical (unpaired) electrons. The highest BCUT2D eigenvalue weighted by Gasteiger charge is 2.26. The third-order valence-corrected chi connectivity index (χ3v) is 16.2. The quantitative estimate of drug-likeness (QED) is 0.0160. The summed E-state index contributed by atoms with van der Waals surface area (Å²) in [5, 5.41) is 14.5. The first kappa shape index (κ1) is 84.8. The molecule has 8 rings (SSSR count). The van der Waals surface area contributed by atoms with Gasteiger partial charge in [-0.25, -0.2) is 24.4 Å². The number of carboxylic acid groups (broad SMARTS) is 1. The number of nitrogens with one attached hydrogen (secondary N) is 2. The number of anilines is 2. The Morgan fingerprint density at radius 2 is 0.733 bits per heavy atom. The second-order valence-corrected chi connectivity index (χ2v) is 27.9. The van der Waals surface area contributed by atoms with Crippen molar-refractivity contribution >= 4 is 81.8 Å². The molecule has 8 aromatic heterocycles. The number of nitrogens with zero attached hydrogens (tertiary/aromatic N) is 10. The van der Waals surface area contributed by atoms with Crippen LogP contribution in [0.25, 0.3) is 0 Å². The van der Waals surface area contributed by atoms with E-state index in [1.807, 2.05) is 0 Å². The smallest absolute Gasteiger partial charge is 0.412 e. The van der Waals surface area contributed by atoms with Crippen LogP contribution in [0.15, 0.2) is 86.0 Å². The number of aromatic nitrogens is 10. The molecule has 0 aliphatic heterocycles. The molecule has 30 heteroatoms. The summed E-state index contributed by atoms with van der Waals surface area (Å²) in [6.07, 6.45) is 17.7. The Hall–Kier alpha value is -10.8. The van der Waals surface area contributed by atoms with Gasteiger partial charge in [0.05, 0.1) is 77.7 Å². The van der Waals surface area contributed by atoms with Gasteiger partial charge in [-0.15, -0.1) is 0 Å². The zero-order chi connectivity index (χ0) is 77.2. The summed E-state index contributed by atoms with van der Waals surface area (Å²) in [6.45, 7) is 13.0. The van der Waals surface area contributed by atoms with Crippen molar-refractivity contribution in [3.63, 3.8) is 0 Å². The second kappa shape index (κ2) is 37.6. The lowest BCUT2D eigenvalue weighted by molar-refractivity contribution is -0.368. The Kier molecular flexibility index (Phi) is 30.4. The molecule has 0 saturated heterocycles. The van der Waals surface area contributed by atoms with Gasteiger partial charge >= 0.3 is 24.1 Å². The monoisotopic (exact) mass is 1470 g/mol. The van der Waals surface area contributed by atoms with E-state index < -0.39 is 29.4 Å². The van der Waals surface area contributed by atoms with Crippen LogP contribution in [0, 0.1) is 0 Å². The van der Waals surface area contributed by atoms with E-state index in [4.69, 9.17) is 9.47 Å². The van der Waals surface area contributed by atoms with Gasteiger partial charge < -0.3 is 78.8 Å². The van der Waals surface area contributed by atoms with Gasteiger partial charge in [0.1, 0.15) is 22.7 Å². The third kappa shape index (κ3) is 25.5. The number of aryl methyl sites for hydroxylation is 8. The molecule has 0 aliphatic rings. The fraction of sp³-hybridized carbons (Fsp3) is 0.440. The van der Waals surface area contributed by atoms with Gasteiger partial charge in [0.15, 0.2) is 40.6 Å². The number of ketones is 8. The highest BCUT2D eigenvalue weighted by Crippen LogP contribution is 2.23. The van der Waals surface area contributed by atoms with Crippen LogP contribution in [0.1, 0.15) is 218 Å². The lowest BCUT2D eigenvalue weighted by Gasteiger charge is -2.19. The first-order chi connectivity index (χ1) is 48.7. The van der Waals surface area contributed by atoms with Crippen LogP contribution in [0.3, 0.4) is 0 Å². The van der Waals surface area contributed by atoms with E-state index >= 15 is 0 Å². The molecule has 8 heterocycles. The predicted molar refractivity (Wildman–Crippen MR) is 385 cm³/mol. The number of carbonyl (C=O) groups is 12. The summed E-state index contributed by atoms with van der Waals surface area (Å²) in [5.41, 5.74) is 8.74. The van der Waals surface area contributed by atoms with Crippen molar-refractivity contribution in [1.82, 2.24) is 46.5 Å². The Balaban J connectivity index is 0.000000337. The minimum Gasteiger partial charge on any atom is -1.00 e. The summed E-state index contributed by atoms with van der Waals surface area (Å²) in [6, 6.07) is 9.68. The Morgan fingerprint density at radius 3 is 1.09 bits per heavy atom. The minimum atomic E-state index is -1.07. The molecule has 0 bridgehead atoms. The van der Waals surface area contributed by atoms with E-state index in [0.29, 0.717) is 93.6 Å². The van der Waals surface area contributed by atoms with Crippen LogP contribution in [-0.4, -0.2) is 147 Å². The van der Waals surface area contributed by atoms with E-state index in [-0.39, 0.29) is 121 Å². The Labute approximate surface area is 616 Å². The molecule has 8 aromatic rings. The molecule has 0 saturated carbocycles. The zero-order valence-electron chi connectivity index (χ0n) is 62.8. The van der Waals surface area contributed by atoms with Crippen LogP contribution in [0.2, 0.25) is 0 Å². The highest BCUT2D eigenvalue weighted by atomic mass is 35.5. The lowest BCUT2D eigenvalue weighted by Crippen LogP contribution is -3.00. The second-order valence-electron chi connectivity index (χ2n) is 27.9. The molecule has 105 heavy (non-hydrogen) atoms. The van der Waals surface area contributed by atoms with Crippen LogP contribution in [0.4, 0.5) is 21.0 Å². The molecule has 29 nitrogen and oxygen atoms in total. The van der Waals surface area contributed by atoms with E-state index in [9.17, 15) is 62.6 Å². The van der Waals surface area contributed by atoms with Crippen molar-refractivity contribution in [2.24, 2.45) is 56.4 Å². The van der Waals surface area contributed by atoms with Crippen molar-refractivity contribution in [2.75, 3.05) is 24.3 Å². The van der Waals surface area contributed by atoms with E-state index in [1.54, 1.807) is 217 Å². The van der Waals surface area contributed by atoms with Crippen molar-refractivity contribution < 1.29 is 95.0 Å². The Morgan fingerprint density at radius 1 is 0.410 bits per heavy atom. The molecule has 0 spiro atoms. The maximum Gasteiger partial charge on any atom is 0.412 e. The molecule has 566 valence electrons. The molecule has 0 aliphatic carbocycles. The van der Waals surface area contributed by atoms with Gasteiger partial charge in [-0.3, -0.25) is 49.0 Å². The molecule has 6 N–H and O–H groups in total. The van der Waals surface area contributed by atoms with Gasteiger partial charge in [-0.2, -0.15) is 0 Å². The number of ether oxygens (including phenoxy) is 3. The normalized spacial score (nSPS) is 11.1. The summed E-state index contributed by atoms with van der Waals surface area (Å²) in [4.78, 5) is 158. The number of hydrogen-bond donors (Lipinski definition) is 4. The third-order valence-electron chi connectivity index (χ3n) is 16.2. The maximum absolute atomic E-state index is 13.3. The first-order valence-corrected chi connectivity index (χ1v) is 34.0. The largest absolute Gasteiger partial charge is 1.00 e. The molecule has 0 unspecified atom stereocenters. The topological polar surface area (TPSA) is 370 Å². The molecular formula is C75H98ClN13O16. The zero-order valence-corrected chi connectivity index (χ0v) is 63.6. The van der Waals surface area contributed by atoms with E-state index in [2.05, 4.69) is 31.1 Å². The molecular weight excluding hydrogens is 1370 g/mol. The number of rotatable bonds is 32. The maximum atomic E-state index is 13.3. The highest BCUT2D eigenvalue weighted by molar-refractivity contribution is 6.02. The summed E-state index contributed by atoms with van der Waals surface area (Å²) >= 11 is 0. The van der Waals surface area contributed by atoms with Crippen LogP contribution >= 0.6 is 0 Å². The molecule has 2 amide bonds. The summed E-state index contributed by atoms with van der Waals surface area (Å²) in [5.74, 6) is -2.08. The van der Waals surface area contributed by atoms with Crippen molar-refractivity contribution in [1.29, 1.82) is 0 Å². The number of carboxylic acids is 1.